The molecule has 2 aliphatic heterocycles. The molecule has 4 N–H and O–H groups in total. The third kappa shape index (κ3) is 2.45. The van der Waals surface area contributed by atoms with Crippen molar-refractivity contribution in [1.82, 2.24) is 4.90 Å². The lowest BCUT2D eigenvalue weighted by atomic mass is 9.91. The third-order valence-electron chi connectivity index (χ3n) is 3.38. The molecular weight excluding hydrogens is 210 g/mol. The van der Waals surface area contributed by atoms with Gasteiger partial charge in [0, 0.05) is 26.1 Å². The number of likely N-dealkylation sites (tertiary alicyclic amines) is 1. The minimum Gasteiger partial charge on any atom is -0.409 e. The van der Waals surface area contributed by atoms with Crippen LogP contribution in [-0.4, -0.2) is 59.0 Å². The Kier molecular flexibility index (Phi) is 3.32. The lowest BCUT2D eigenvalue weighted by Gasteiger charge is -2.36. The second-order valence-corrected chi connectivity index (χ2v) is 4.73. The van der Waals surface area contributed by atoms with Crippen LogP contribution in [0.1, 0.15) is 19.3 Å². The number of oxime groups is 1. The highest BCUT2D eigenvalue weighted by Gasteiger charge is 2.42. The van der Waals surface area contributed by atoms with Gasteiger partial charge in [-0.3, -0.25) is 4.90 Å². The van der Waals surface area contributed by atoms with Gasteiger partial charge in [0.05, 0.1) is 18.2 Å². The maximum absolute atomic E-state index is 9.66. The van der Waals surface area contributed by atoms with Crippen LogP contribution >= 0.6 is 0 Å². The molecular formula is C10H19N3O3. The van der Waals surface area contributed by atoms with E-state index in [9.17, 15) is 5.11 Å². The Balaban J connectivity index is 1.91. The van der Waals surface area contributed by atoms with Gasteiger partial charge in [-0.15, -0.1) is 0 Å². The molecule has 2 fully saturated rings. The minimum atomic E-state index is -0.252. The molecule has 92 valence electrons. The summed E-state index contributed by atoms with van der Waals surface area (Å²) in [5.41, 5.74) is 5.25. The summed E-state index contributed by atoms with van der Waals surface area (Å²) in [7, 11) is 0. The molecule has 2 rings (SSSR count). The molecule has 6 nitrogen and oxygen atoms in total. The quantitative estimate of drug-likeness (QED) is 0.253. The lowest BCUT2D eigenvalue weighted by Crippen LogP contribution is -2.45. The normalized spacial score (nSPS) is 37.1. The van der Waals surface area contributed by atoms with E-state index in [1.54, 1.807) is 0 Å². The molecule has 2 atom stereocenters. The smallest absolute Gasteiger partial charge is 0.153 e. The Morgan fingerprint density at radius 2 is 2.44 bits per heavy atom. The van der Waals surface area contributed by atoms with Gasteiger partial charge in [-0.1, -0.05) is 5.16 Å². The summed E-state index contributed by atoms with van der Waals surface area (Å²) in [5.74, 6) is 0.216. The van der Waals surface area contributed by atoms with Crippen molar-refractivity contribution in [3.63, 3.8) is 0 Å². The summed E-state index contributed by atoms with van der Waals surface area (Å²) >= 11 is 0. The summed E-state index contributed by atoms with van der Waals surface area (Å²) < 4.78 is 5.80. The van der Waals surface area contributed by atoms with Crippen molar-refractivity contribution in [3.8, 4) is 0 Å². The zero-order chi connectivity index (χ0) is 11.6. The van der Waals surface area contributed by atoms with Gasteiger partial charge in [-0.25, -0.2) is 0 Å². The van der Waals surface area contributed by atoms with E-state index in [4.69, 9.17) is 15.7 Å². The molecule has 1 spiro atoms. The van der Waals surface area contributed by atoms with E-state index in [-0.39, 0.29) is 17.5 Å². The number of hydrogen-bond acceptors (Lipinski definition) is 5. The van der Waals surface area contributed by atoms with E-state index in [0.29, 0.717) is 19.6 Å². The van der Waals surface area contributed by atoms with Crippen molar-refractivity contribution in [2.24, 2.45) is 10.9 Å². The number of amidine groups is 1. The number of hydrogen-bond donors (Lipinski definition) is 3. The van der Waals surface area contributed by atoms with Gasteiger partial charge in [-0.2, -0.15) is 0 Å². The Bertz CT molecular complexity index is 284. The number of nitrogens with two attached hydrogens (primary N) is 1. The van der Waals surface area contributed by atoms with E-state index in [2.05, 4.69) is 10.1 Å². The zero-order valence-corrected chi connectivity index (χ0v) is 9.30. The van der Waals surface area contributed by atoms with Crippen molar-refractivity contribution in [1.29, 1.82) is 0 Å². The van der Waals surface area contributed by atoms with E-state index in [1.807, 2.05) is 0 Å². The van der Waals surface area contributed by atoms with E-state index >= 15 is 0 Å². The van der Waals surface area contributed by atoms with Crippen molar-refractivity contribution < 1.29 is 15.1 Å². The van der Waals surface area contributed by atoms with Gasteiger partial charge in [0.1, 0.15) is 0 Å². The van der Waals surface area contributed by atoms with Crippen LogP contribution in [0.15, 0.2) is 5.16 Å². The van der Waals surface area contributed by atoms with Crippen LogP contribution in [0, 0.1) is 0 Å². The van der Waals surface area contributed by atoms with E-state index in [0.717, 1.165) is 25.9 Å². The van der Waals surface area contributed by atoms with Gasteiger partial charge >= 0.3 is 0 Å². The molecule has 2 aliphatic rings. The molecule has 0 radical (unpaired) electrons. The van der Waals surface area contributed by atoms with Gasteiger partial charge in [0.25, 0.3) is 0 Å². The van der Waals surface area contributed by atoms with Crippen molar-refractivity contribution in [2.45, 2.75) is 31.0 Å². The summed E-state index contributed by atoms with van der Waals surface area (Å²) in [5, 5.41) is 21.1. The van der Waals surface area contributed by atoms with Crippen LogP contribution < -0.4 is 5.73 Å². The standard InChI is InChI=1S/C10H19N3O3/c11-9(12-15)6-13-3-2-10(7-13)5-8(14)1-4-16-10/h8,14-15H,1-7H2,(H2,11,12)/t8-,10-/m0/s1. The fraction of sp³-hybridized carbons (Fsp3) is 0.900. The highest BCUT2D eigenvalue weighted by Crippen LogP contribution is 2.33. The first kappa shape index (κ1) is 11.6. The Morgan fingerprint density at radius 1 is 1.62 bits per heavy atom. The van der Waals surface area contributed by atoms with Gasteiger partial charge < -0.3 is 20.8 Å². The highest BCUT2D eigenvalue weighted by molar-refractivity contribution is 5.81. The van der Waals surface area contributed by atoms with Gasteiger partial charge in [0.15, 0.2) is 5.84 Å². The lowest BCUT2D eigenvalue weighted by molar-refractivity contribution is -0.110. The first-order chi connectivity index (χ1) is 7.63. The molecule has 0 aromatic carbocycles. The number of rotatable bonds is 2. The van der Waals surface area contributed by atoms with Crippen LogP contribution in [0.5, 0.6) is 0 Å². The average molecular weight is 229 g/mol. The molecule has 16 heavy (non-hydrogen) atoms. The first-order valence-electron chi connectivity index (χ1n) is 5.64. The van der Waals surface area contributed by atoms with E-state index in [1.165, 1.54) is 0 Å². The van der Waals surface area contributed by atoms with E-state index < -0.39 is 0 Å². The molecule has 0 saturated carbocycles. The van der Waals surface area contributed by atoms with Crippen molar-refractivity contribution >= 4 is 5.84 Å². The maximum atomic E-state index is 9.66. The SMILES string of the molecule is NC(CN1CC[C@]2(C[C@@H](O)CCO2)C1)=NO. The fourth-order valence-electron chi connectivity index (χ4n) is 2.61. The second kappa shape index (κ2) is 4.57. The van der Waals surface area contributed by atoms with Gasteiger partial charge in [0.2, 0.25) is 0 Å². The molecule has 0 unspecified atom stereocenters. The van der Waals surface area contributed by atoms with Crippen molar-refractivity contribution in [3.05, 3.63) is 0 Å². The molecule has 0 aromatic rings. The molecule has 6 heteroatoms. The number of nitrogens with zero attached hydrogens (tertiary/aromatic N) is 2. The molecule has 2 heterocycles. The van der Waals surface area contributed by atoms with Crippen molar-refractivity contribution in [2.75, 3.05) is 26.2 Å². The molecule has 2 saturated heterocycles. The summed E-state index contributed by atoms with van der Waals surface area (Å²) in [4.78, 5) is 2.09. The second-order valence-electron chi connectivity index (χ2n) is 4.73. The van der Waals surface area contributed by atoms with Crippen LogP contribution in [0.2, 0.25) is 0 Å². The van der Waals surface area contributed by atoms with Gasteiger partial charge in [-0.05, 0) is 12.8 Å². The number of ether oxygens (including phenoxy) is 1. The predicted molar refractivity (Wildman–Crippen MR) is 58.4 cm³/mol. The minimum absolute atomic E-state index is 0.215. The first-order valence-corrected chi connectivity index (χ1v) is 5.64. The molecule has 0 amide bonds. The van der Waals surface area contributed by atoms with Crippen LogP contribution in [0.4, 0.5) is 0 Å². The maximum Gasteiger partial charge on any atom is 0.153 e. The summed E-state index contributed by atoms with van der Waals surface area (Å²) in [6.45, 7) is 2.69. The zero-order valence-electron chi connectivity index (χ0n) is 9.30. The largest absolute Gasteiger partial charge is 0.409 e. The van der Waals surface area contributed by atoms with Crippen LogP contribution in [0.3, 0.4) is 0 Å². The molecule has 0 aliphatic carbocycles. The Hall–Kier alpha value is -0.850. The monoisotopic (exact) mass is 229 g/mol. The Morgan fingerprint density at radius 3 is 3.12 bits per heavy atom. The fourth-order valence-corrected chi connectivity index (χ4v) is 2.61. The predicted octanol–water partition coefficient (Wildman–Crippen LogP) is -0.651. The van der Waals surface area contributed by atoms with Crippen LogP contribution in [0.25, 0.3) is 0 Å². The van der Waals surface area contributed by atoms with Crippen LogP contribution in [-0.2, 0) is 4.74 Å². The highest BCUT2D eigenvalue weighted by atomic mass is 16.5. The summed E-state index contributed by atoms with van der Waals surface area (Å²) in [6, 6.07) is 0. The molecule has 0 aromatic heterocycles. The number of aliphatic hydroxyl groups is 1. The number of aliphatic hydroxyl groups excluding tert-OH is 1. The molecule has 0 bridgehead atoms. The summed E-state index contributed by atoms with van der Waals surface area (Å²) in [6.07, 6.45) is 2.07. The Labute approximate surface area is 94.7 Å². The third-order valence-corrected chi connectivity index (χ3v) is 3.38. The average Bonchev–Trinajstić information content (AvgIpc) is 2.60. The topological polar surface area (TPSA) is 91.3 Å².